The second kappa shape index (κ2) is 11.1. The van der Waals surface area contributed by atoms with Crippen LogP contribution in [0.2, 0.25) is 0 Å². The van der Waals surface area contributed by atoms with E-state index in [4.69, 9.17) is 10.2 Å². The van der Waals surface area contributed by atoms with E-state index in [0.29, 0.717) is 27.8 Å². The summed E-state index contributed by atoms with van der Waals surface area (Å²) in [4.78, 5) is 54.2. The van der Waals surface area contributed by atoms with Crippen LogP contribution in [0.5, 0.6) is 0 Å². The fourth-order valence-electron chi connectivity index (χ4n) is 4.31. The Kier molecular flexibility index (Phi) is 7.29. The zero-order valence-corrected chi connectivity index (χ0v) is 21.8. The smallest absolute Gasteiger partial charge is 0.293 e. The number of hydrogen-bond acceptors (Lipinski definition) is 7. The number of anilines is 2. The Bertz CT molecular complexity index is 1790. The van der Waals surface area contributed by atoms with Crippen molar-refractivity contribution in [3.8, 4) is 11.3 Å². The van der Waals surface area contributed by atoms with Crippen LogP contribution in [-0.4, -0.2) is 39.2 Å². The highest BCUT2D eigenvalue weighted by molar-refractivity contribution is 6.07. The average Bonchev–Trinajstić information content (AvgIpc) is 3.60. The first-order valence-electron chi connectivity index (χ1n) is 12.5. The van der Waals surface area contributed by atoms with E-state index in [1.807, 2.05) is 6.07 Å². The van der Waals surface area contributed by atoms with Crippen molar-refractivity contribution in [1.82, 2.24) is 9.55 Å². The van der Waals surface area contributed by atoms with Crippen LogP contribution in [0.1, 0.15) is 27.3 Å². The van der Waals surface area contributed by atoms with Crippen molar-refractivity contribution in [2.75, 3.05) is 17.3 Å². The van der Waals surface area contributed by atoms with Crippen molar-refractivity contribution < 1.29 is 23.7 Å². The number of imidazole rings is 1. The van der Waals surface area contributed by atoms with Gasteiger partial charge in [-0.3, -0.25) is 29.8 Å². The molecule has 0 radical (unpaired) electrons. The predicted octanol–water partition coefficient (Wildman–Crippen LogP) is 4.61. The van der Waals surface area contributed by atoms with E-state index in [1.54, 1.807) is 60.1 Å². The Morgan fingerprint density at radius 3 is 2.54 bits per heavy atom. The first-order valence-corrected chi connectivity index (χ1v) is 12.5. The van der Waals surface area contributed by atoms with Crippen LogP contribution >= 0.6 is 0 Å². The van der Waals surface area contributed by atoms with Gasteiger partial charge in [0.05, 0.1) is 16.0 Å². The van der Waals surface area contributed by atoms with Crippen LogP contribution in [-0.2, 0) is 11.3 Å². The Hall–Kier alpha value is -5.78. The molecular weight excluding hydrogens is 528 g/mol. The number of amides is 3. The molecule has 3 aromatic carbocycles. The summed E-state index contributed by atoms with van der Waals surface area (Å²) >= 11 is 0. The third-order valence-corrected chi connectivity index (χ3v) is 6.42. The van der Waals surface area contributed by atoms with Crippen LogP contribution < -0.4 is 16.0 Å². The molecule has 0 unspecified atom stereocenters. The summed E-state index contributed by atoms with van der Waals surface area (Å²) in [7, 11) is 1.65. The van der Waals surface area contributed by atoms with Gasteiger partial charge in [-0.15, -0.1) is 0 Å². The largest absolute Gasteiger partial charge is 0.451 e. The number of nitrogens with zero attached hydrogens (tertiary/aromatic N) is 4. The third kappa shape index (κ3) is 5.66. The van der Waals surface area contributed by atoms with Crippen molar-refractivity contribution >= 4 is 46.1 Å². The Labute approximate surface area is 233 Å². The van der Waals surface area contributed by atoms with Gasteiger partial charge in [0.25, 0.3) is 17.5 Å². The van der Waals surface area contributed by atoms with E-state index in [-0.39, 0.29) is 42.0 Å². The van der Waals surface area contributed by atoms with Gasteiger partial charge in [0.1, 0.15) is 5.76 Å². The van der Waals surface area contributed by atoms with E-state index in [9.17, 15) is 24.5 Å². The number of non-ortho nitro benzene ring substituents is 1. The maximum Gasteiger partial charge on any atom is 0.293 e. The summed E-state index contributed by atoms with van der Waals surface area (Å²) < 4.78 is 7.32. The highest BCUT2D eigenvalue weighted by Crippen LogP contribution is 2.28. The third-order valence-electron chi connectivity index (χ3n) is 6.42. The van der Waals surface area contributed by atoms with E-state index >= 15 is 0 Å². The molecule has 0 aliphatic carbocycles. The number of aromatic nitrogens is 2. The first-order chi connectivity index (χ1) is 19.7. The van der Waals surface area contributed by atoms with Gasteiger partial charge in [-0.05, 0) is 42.5 Å². The van der Waals surface area contributed by atoms with Crippen LogP contribution in [0, 0.1) is 10.1 Å². The lowest BCUT2D eigenvalue weighted by Crippen LogP contribution is -2.26. The lowest BCUT2D eigenvalue weighted by molar-refractivity contribution is -0.384. The van der Waals surface area contributed by atoms with Gasteiger partial charge in [-0.1, -0.05) is 30.3 Å². The number of aryl methyl sites for hydroxylation is 1. The number of primary amides is 1. The topological polar surface area (TPSA) is 167 Å². The number of fused-ring (bicyclic) bond motifs is 1. The highest BCUT2D eigenvalue weighted by Gasteiger charge is 2.20. The number of benzene rings is 3. The minimum Gasteiger partial charge on any atom is -0.451 e. The van der Waals surface area contributed by atoms with Gasteiger partial charge in [0.15, 0.2) is 5.76 Å². The van der Waals surface area contributed by atoms with Crippen LogP contribution in [0.4, 0.5) is 17.3 Å². The highest BCUT2D eigenvalue weighted by atomic mass is 16.6. The zero-order chi connectivity index (χ0) is 29.1. The molecule has 206 valence electrons. The van der Waals surface area contributed by atoms with Crippen molar-refractivity contribution in [2.45, 2.75) is 13.0 Å². The number of nitro benzene ring substituents is 1. The molecule has 0 atom stereocenters. The van der Waals surface area contributed by atoms with Gasteiger partial charge in [0, 0.05) is 49.0 Å². The number of carbonyl (C=O) groups is 3. The molecule has 41 heavy (non-hydrogen) atoms. The van der Waals surface area contributed by atoms with Crippen molar-refractivity contribution in [2.24, 2.45) is 5.73 Å². The summed E-state index contributed by atoms with van der Waals surface area (Å²) in [5, 5.41) is 13.8. The SMILES string of the molecule is CN(C(=O)c1ccccc1)c1ccc2c(c1)nc(NC(=O)c1ccc(-c3cccc([N+](=O)[O-])c3)o1)n2CCC(N)=O. The molecule has 5 aromatic rings. The minimum atomic E-state index is -0.617. The van der Waals surface area contributed by atoms with Crippen LogP contribution in [0.15, 0.2) is 89.3 Å². The molecule has 0 bridgehead atoms. The molecule has 0 spiro atoms. The summed E-state index contributed by atoms with van der Waals surface area (Å²) in [5.41, 5.74) is 7.90. The van der Waals surface area contributed by atoms with E-state index < -0.39 is 16.7 Å². The molecule has 12 heteroatoms. The quantitative estimate of drug-likeness (QED) is 0.199. The molecule has 0 aliphatic rings. The monoisotopic (exact) mass is 552 g/mol. The molecule has 3 amide bonds. The lowest BCUT2D eigenvalue weighted by atomic mass is 10.1. The number of rotatable bonds is 9. The molecule has 0 aliphatic heterocycles. The van der Waals surface area contributed by atoms with Gasteiger partial charge in [-0.2, -0.15) is 0 Å². The summed E-state index contributed by atoms with van der Waals surface area (Å²) in [6.07, 6.45) is 0.000163. The molecule has 0 saturated carbocycles. The Morgan fingerprint density at radius 1 is 1.02 bits per heavy atom. The zero-order valence-electron chi connectivity index (χ0n) is 21.8. The molecule has 0 fully saturated rings. The first kappa shape index (κ1) is 26.8. The number of nitrogens with one attached hydrogen (secondary N) is 1. The lowest BCUT2D eigenvalue weighted by Gasteiger charge is -2.17. The molecular formula is C29H24N6O6. The predicted molar refractivity (Wildman–Crippen MR) is 151 cm³/mol. The minimum absolute atomic E-state index is 0.000163. The van der Waals surface area contributed by atoms with Crippen molar-refractivity contribution in [1.29, 1.82) is 0 Å². The second-order valence-corrected chi connectivity index (χ2v) is 9.13. The van der Waals surface area contributed by atoms with Crippen LogP contribution in [0.25, 0.3) is 22.4 Å². The van der Waals surface area contributed by atoms with Gasteiger partial charge < -0.3 is 19.6 Å². The van der Waals surface area contributed by atoms with Crippen LogP contribution in [0.3, 0.4) is 0 Å². The van der Waals surface area contributed by atoms with Gasteiger partial charge >= 0.3 is 0 Å². The summed E-state index contributed by atoms with van der Waals surface area (Å²) in [6, 6.07) is 22.9. The molecule has 0 saturated heterocycles. The maximum absolute atomic E-state index is 13.1. The number of furan rings is 1. The normalized spacial score (nSPS) is 10.9. The van der Waals surface area contributed by atoms with Gasteiger partial charge in [-0.25, -0.2) is 4.98 Å². The Balaban J connectivity index is 1.43. The summed E-state index contributed by atoms with van der Waals surface area (Å²) in [5.74, 6) is -0.973. The van der Waals surface area contributed by atoms with Crippen molar-refractivity contribution in [3.63, 3.8) is 0 Å². The molecule has 5 rings (SSSR count). The number of nitro groups is 1. The van der Waals surface area contributed by atoms with Crippen molar-refractivity contribution in [3.05, 3.63) is 106 Å². The van der Waals surface area contributed by atoms with E-state index in [0.717, 1.165) is 0 Å². The molecule has 3 N–H and O–H groups in total. The fourth-order valence-corrected chi connectivity index (χ4v) is 4.31. The standard InChI is InChI=1S/C29H24N6O6/c1-33(28(38)18-6-3-2-4-7-18)20-10-11-23-22(17-20)31-29(34(23)15-14-26(30)36)32-27(37)25-13-12-24(41-25)19-8-5-9-21(16-19)35(39)40/h2-13,16-17H,14-15H2,1H3,(H2,30,36)(H,31,32,37). The second-order valence-electron chi connectivity index (χ2n) is 9.13. The van der Waals surface area contributed by atoms with E-state index in [1.165, 1.54) is 35.2 Å². The molecule has 2 heterocycles. The maximum atomic E-state index is 13.1. The Morgan fingerprint density at radius 2 is 1.80 bits per heavy atom. The summed E-state index contributed by atoms with van der Waals surface area (Å²) in [6.45, 7) is 0.149. The number of carbonyl (C=O) groups excluding carboxylic acids is 3. The van der Waals surface area contributed by atoms with Gasteiger partial charge in [0.2, 0.25) is 11.9 Å². The molecule has 2 aromatic heterocycles. The van der Waals surface area contributed by atoms with E-state index in [2.05, 4.69) is 10.3 Å². The number of nitrogens with two attached hydrogens (primary N) is 1. The number of hydrogen-bond donors (Lipinski definition) is 2. The average molecular weight is 553 g/mol. The fraction of sp³-hybridized carbons (Fsp3) is 0.103. The molecule has 12 nitrogen and oxygen atoms in total.